The minimum atomic E-state index is 0.550. The van der Waals surface area contributed by atoms with E-state index in [1.165, 1.54) is 11.8 Å². The number of aromatic nitrogens is 3. The van der Waals surface area contributed by atoms with Crippen molar-refractivity contribution in [3.05, 3.63) is 36.7 Å². The topological polar surface area (TPSA) is 43.9 Å². The summed E-state index contributed by atoms with van der Waals surface area (Å²) in [5.41, 5.74) is 2.10. The van der Waals surface area contributed by atoms with Gasteiger partial charge in [-0.25, -0.2) is 0 Å². The summed E-state index contributed by atoms with van der Waals surface area (Å²) >= 11 is 0. The molecule has 2 heterocycles. The van der Waals surface area contributed by atoms with Gasteiger partial charge in [0.1, 0.15) is 5.69 Å². The van der Waals surface area contributed by atoms with Crippen LogP contribution in [0.1, 0.15) is 0 Å². The molecule has 3 aromatic rings. The molecule has 0 saturated heterocycles. The zero-order chi connectivity index (χ0) is 10.3. The van der Waals surface area contributed by atoms with E-state index in [2.05, 4.69) is 22.3 Å². The Kier molecular flexibility index (Phi) is 1.62. The molecule has 0 unspecified atom stereocenters. The molecule has 4 heteroatoms. The van der Waals surface area contributed by atoms with Gasteiger partial charge in [0, 0.05) is 18.0 Å². The fraction of sp³-hybridized carbons (Fsp3) is 0.0909. The standard InChI is InChI=1S/C11H9N3O/c1-14-9-5-3-2-4-8(9)6-10(14)11-13-12-7-15-11/h2-7H,1H3. The van der Waals surface area contributed by atoms with Crippen LogP contribution in [0.4, 0.5) is 0 Å². The molecule has 0 atom stereocenters. The van der Waals surface area contributed by atoms with Crippen LogP contribution in [0, 0.1) is 0 Å². The maximum Gasteiger partial charge on any atom is 0.264 e. The van der Waals surface area contributed by atoms with Gasteiger partial charge in [0.2, 0.25) is 6.39 Å². The van der Waals surface area contributed by atoms with Gasteiger partial charge in [0.05, 0.1) is 0 Å². The number of benzene rings is 1. The van der Waals surface area contributed by atoms with Crippen molar-refractivity contribution in [2.45, 2.75) is 0 Å². The molecule has 0 saturated carbocycles. The Morgan fingerprint density at radius 1 is 1.27 bits per heavy atom. The number of para-hydroxylation sites is 1. The van der Waals surface area contributed by atoms with Crippen LogP contribution < -0.4 is 0 Å². The monoisotopic (exact) mass is 199 g/mol. The Bertz CT molecular complexity index is 595. The zero-order valence-electron chi connectivity index (χ0n) is 8.21. The third-order valence-corrected chi connectivity index (χ3v) is 2.53. The van der Waals surface area contributed by atoms with Crippen molar-refractivity contribution in [3.63, 3.8) is 0 Å². The van der Waals surface area contributed by atoms with Crippen LogP contribution >= 0.6 is 0 Å². The van der Waals surface area contributed by atoms with Crippen molar-refractivity contribution in [2.75, 3.05) is 0 Å². The summed E-state index contributed by atoms with van der Waals surface area (Å²) in [5, 5.41) is 8.76. The highest BCUT2D eigenvalue weighted by atomic mass is 16.4. The lowest BCUT2D eigenvalue weighted by atomic mass is 10.2. The third-order valence-electron chi connectivity index (χ3n) is 2.53. The molecule has 4 nitrogen and oxygen atoms in total. The summed E-state index contributed by atoms with van der Waals surface area (Å²) in [5.74, 6) is 0.550. The third kappa shape index (κ3) is 1.15. The largest absolute Gasteiger partial charge is 0.422 e. The molecule has 0 radical (unpaired) electrons. The van der Waals surface area contributed by atoms with Crippen LogP contribution in [0.2, 0.25) is 0 Å². The zero-order valence-corrected chi connectivity index (χ0v) is 8.21. The van der Waals surface area contributed by atoms with E-state index < -0.39 is 0 Å². The van der Waals surface area contributed by atoms with E-state index in [9.17, 15) is 0 Å². The van der Waals surface area contributed by atoms with Gasteiger partial charge in [-0.15, -0.1) is 10.2 Å². The predicted molar refractivity (Wildman–Crippen MR) is 56.2 cm³/mol. The van der Waals surface area contributed by atoms with E-state index in [4.69, 9.17) is 4.42 Å². The molecule has 2 aromatic heterocycles. The fourth-order valence-corrected chi connectivity index (χ4v) is 1.78. The predicted octanol–water partition coefficient (Wildman–Crippen LogP) is 2.23. The second kappa shape index (κ2) is 2.95. The van der Waals surface area contributed by atoms with Crippen LogP contribution in [0.3, 0.4) is 0 Å². The molecule has 1 aromatic carbocycles. The lowest BCUT2D eigenvalue weighted by molar-refractivity contribution is 0.564. The minimum absolute atomic E-state index is 0.550. The van der Waals surface area contributed by atoms with E-state index in [0.717, 1.165) is 11.2 Å². The Morgan fingerprint density at radius 3 is 2.87 bits per heavy atom. The van der Waals surface area contributed by atoms with Crippen LogP contribution in [0.5, 0.6) is 0 Å². The van der Waals surface area contributed by atoms with Gasteiger partial charge in [-0.1, -0.05) is 18.2 Å². The van der Waals surface area contributed by atoms with E-state index >= 15 is 0 Å². The van der Waals surface area contributed by atoms with Crippen molar-refractivity contribution in [3.8, 4) is 11.6 Å². The summed E-state index contributed by atoms with van der Waals surface area (Å²) in [7, 11) is 1.99. The van der Waals surface area contributed by atoms with Gasteiger partial charge >= 0.3 is 0 Å². The van der Waals surface area contributed by atoms with Crippen LogP contribution in [0.15, 0.2) is 41.1 Å². The maximum atomic E-state index is 5.19. The molecule has 0 aliphatic rings. The van der Waals surface area contributed by atoms with Gasteiger partial charge in [-0.3, -0.25) is 0 Å². The first-order chi connectivity index (χ1) is 7.36. The van der Waals surface area contributed by atoms with Crippen molar-refractivity contribution >= 4 is 10.9 Å². The van der Waals surface area contributed by atoms with Crippen LogP contribution in [-0.4, -0.2) is 14.8 Å². The molecule has 0 N–H and O–H groups in total. The van der Waals surface area contributed by atoms with Gasteiger partial charge in [0.25, 0.3) is 5.89 Å². The number of hydrogen-bond acceptors (Lipinski definition) is 3. The molecule has 0 bridgehead atoms. The molecule has 15 heavy (non-hydrogen) atoms. The van der Waals surface area contributed by atoms with Gasteiger partial charge in [0.15, 0.2) is 0 Å². The van der Waals surface area contributed by atoms with Crippen molar-refractivity contribution in [2.24, 2.45) is 7.05 Å². The average Bonchev–Trinajstić information content (AvgIpc) is 2.87. The van der Waals surface area contributed by atoms with Gasteiger partial charge in [-0.2, -0.15) is 0 Å². The molecular weight excluding hydrogens is 190 g/mol. The summed E-state index contributed by atoms with van der Waals surface area (Å²) in [4.78, 5) is 0. The highest BCUT2D eigenvalue weighted by Crippen LogP contribution is 2.25. The van der Waals surface area contributed by atoms with Crippen LogP contribution in [0.25, 0.3) is 22.5 Å². The maximum absolute atomic E-state index is 5.19. The fourth-order valence-electron chi connectivity index (χ4n) is 1.78. The number of hydrogen-bond donors (Lipinski definition) is 0. The normalized spacial score (nSPS) is 11.0. The molecule has 3 rings (SSSR count). The van der Waals surface area contributed by atoms with Crippen LogP contribution in [-0.2, 0) is 7.05 Å². The highest BCUT2D eigenvalue weighted by molar-refractivity contribution is 5.85. The molecule has 0 amide bonds. The molecule has 0 aliphatic carbocycles. The quantitative estimate of drug-likeness (QED) is 0.603. The second-order valence-electron chi connectivity index (χ2n) is 3.39. The number of fused-ring (bicyclic) bond motifs is 1. The summed E-state index contributed by atoms with van der Waals surface area (Å²) in [6.45, 7) is 0. The number of rotatable bonds is 1. The lowest BCUT2D eigenvalue weighted by Gasteiger charge is -1.98. The van der Waals surface area contributed by atoms with E-state index in [-0.39, 0.29) is 0 Å². The second-order valence-corrected chi connectivity index (χ2v) is 3.39. The summed E-state index contributed by atoms with van der Waals surface area (Å²) in [6, 6.07) is 10.2. The van der Waals surface area contributed by atoms with Gasteiger partial charge in [-0.05, 0) is 12.1 Å². The Hall–Kier alpha value is -2.10. The van der Waals surface area contributed by atoms with Gasteiger partial charge < -0.3 is 8.98 Å². The lowest BCUT2D eigenvalue weighted by Crippen LogP contribution is -1.90. The highest BCUT2D eigenvalue weighted by Gasteiger charge is 2.10. The van der Waals surface area contributed by atoms with Crippen molar-refractivity contribution in [1.82, 2.24) is 14.8 Å². The van der Waals surface area contributed by atoms with E-state index in [1.807, 2.05) is 29.8 Å². The summed E-state index contributed by atoms with van der Waals surface area (Å²) < 4.78 is 7.23. The molecule has 0 fully saturated rings. The summed E-state index contributed by atoms with van der Waals surface area (Å²) in [6.07, 6.45) is 1.34. The first-order valence-corrected chi connectivity index (χ1v) is 4.67. The van der Waals surface area contributed by atoms with E-state index in [0.29, 0.717) is 5.89 Å². The Balaban J connectivity index is 2.33. The number of nitrogens with zero attached hydrogens (tertiary/aromatic N) is 3. The molecule has 74 valence electrons. The SMILES string of the molecule is Cn1c(-c2nnco2)cc2ccccc21. The molecule has 0 aliphatic heterocycles. The van der Waals surface area contributed by atoms with Crippen molar-refractivity contribution < 1.29 is 4.42 Å². The van der Waals surface area contributed by atoms with Crippen molar-refractivity contribution in [1.29, 1.82) is 0 Å². The molecule has 0 spiro atoms. The number of aryl methyl sites for hydroxylation is 1. The Morgan fingerprint density at radius 2 is 2.13 bits per heavy atom. The minimum Gasteiger partial charge on any atom is -0.422 e. The van der Waals surface area contributed by atoms with E-state index in [1.54, 1.807) is 0 Å². The first-order valence-electron chi connectivity index (χ1n) is 4.67. The first kappa shape index (κ1) is 8.23. The molecular formula is C11H9N3O. The average molecular weight is 199 g/mol. The Labute approximate surface area is 86.2 Å². The smallest absolute Gasteiger partial charge is 0.264 e.